The van der Waals surface area contributed by atoms with Gasteiger partial charge in [-0.05, 0) is 43.5 Å². The van der Waals surface area contributed by atoms with Crippen LogP contribution in [0.2, 0.25) is 0 Å². The highest BCUT2D eigenvalue weighted by Crippen LogP contribution is 2.31. The first kappa shape index (κ1) is 24.9. The third kappa shape index (κ3) is 5.72. The molecule has 0 atom stereocenters. The molecule has 2 amide bonds. The van der Waals surface area contributed by atoms with Gasteiger partial charge in [0.1, 0.15) is 11.4 Å². The Balaban J connectivity index is 1.51. The Kier molecular flexibility index (Phi) is 7.25. The van der Waals surface area contributed by atoms with E-state index >= 15 is 0 Å². The van der Waals surface area contributed by atoms with Crippen molar-refractivity contribution < 1.29 is 22.8 Å². The molecule has 1 fully saturated rings. The molecule has 186 valence electrons. The number of fused-ring (bicyclic) bond motifs is 1. The van der Waals surface area contributed by atoms with Crippen LogP contribution in [0.5, 0.6) is 0 Å². The predicted molar refractivity (Wildman–Crippen MR) is 128 cm³/mol. The zero-order valence-electron chi connectivity index (χ0n) is 19.1. The molecule has 2 N–H and O–H groups in total. The predicted octanol–water partition coefficient (Wildman–Crippen LogP) is 4.88. The van der Waals surface area contributed by atoms with Crippen molar-refractivity contribution in [1.29, 1.82) is 0 Å². The maximum atomic E-state index is 13.1. The van der Waals surface area contributed by atoms with Crippen LogP contribution in [0.3, 0.4) is 0 Å². The maximum absolute atomic E-state index is 13.1. The van der Waals surface area contributed by atoms with Crippen LogP contribution < -0.4 is 16.2 Å². The number of rotatable bonds is 5. The molecule has 7 nitrogen and oxygen atoms in total. The summed E-state index contributed by atoms with van der Waals surface area (Å²) in [6.07, 6.45) is 3.01. The topological polar surface area (TPSA) is 93.1 Å². The first-order valence-corrected chi connectivity index (χ1v) is 12.2. The Bertz CT molecular complexity index is 1310. The van der Waals surface area contributed by atoms with Crippen molar-refractivity contribution in [2.75, 3.05) is 5.32 Å². The van der Waals surface area contributed by atoms with Crippen LogP contribution >= 0.6 is 11.3 Å². The summed E-state index contributed by atoms with van der Waals surface area (Å²) in [7, 11) is 0. The Morgan fingerprint density at radius 3 is 2.57 bits per heavy atom. The first-order valence-electron chi connectivity index (χ1n) is 11.4. The van der Waals surface area contributed by atoms with Crippen molar-refractivity contribution in [3.05, 3.63) is 57.0 Å². The quantitative estimate of drug-likeness (QED) is 0.483. The molecule has 2 aromatic heterocycles. The van der Waals surface area contributed by atoms with Crippen LogP contribution in [-0.2, 0) is 17.5 Å². The van der Waals surface area contributed by atoms with E-state index in [9.17, 15) is 27.6 Å². The Morgan fingerprint density at radius 2 is 1.89 bits per heavy atom. The summed E-state index contributed by atoms with van der Waals surface area (Å²) >= 11 is 1.13. The molecule has 0 bridgehead atoms. The fourth-order valence-corrected chi connectivity index (χ4v) is 5.33. The van der Waals surface area contributed by atoms with E-state index < -0.39 is 29.8 Å². The van der Waals surface area contributed by atoms with Crippen molar-refractivity contribution >= 4 is 39.1 Å². The minimum absolute atomic E-state index is 0.0314. The van der Waals surface area contributed by atoms with Gasteiger partial charge in [-0.25, -0.2) is 4.98 Å². The molecule has 0 aliphatic heterocycles. The van der Waals surface area contributed by atoms with Crippen LogP contribution in [0.15, 0.2) is 35.4 Å². The van der Waals surface area contributed by atoms with E-state index in [-0.39, 0.29) is 23.0 Å². The number of benzene rings is 1. The van der Waals surface area contributed by atoms with Gasteiger partial charge in [-0.3, -0.25) is 19.0 Å². The fourth-order valence-electron chi connectivity index (χ4n) is 4.29. The van der Waals surface area contributed by atoms with Crippen molar-refractivity contribution in [2.45, 2.75) is 64.2 Å². The number of amides is 2. The molecule has 4 rings (SSSR count). The number of carbonyl (C=O) groups excluding carboxylic acids is 2. The van der Waals surface area contributed by atoms with Crippen molar-refractivity contribution in [3.8, 4) is 0 Å². The Hall–Kier alpha value is -3.21. The van der Waals surface area contributed by atoms with Crippen molar-refractivity contribution in [3.63, 3.8) is 0 Å². The van der Waals surface area contributed by atoms with Crippen LogP contribution in [0, 0.1) is 6.92 Å². The lowest BCUT2D eigenvalue weighted by atomic mass is 10.1. The van der Waals surface area contributed by atoms with Crippen LogP contribution in [0.4, 0.5) is 18.9 Å². The number of thiophene rings is 1. The molecule has 1 aliphatic rings. The van der Waals surface area contributed by atoms with E-state index in [1.807, 2.05) is 0 Å². The first-order chi connectivity index (χ1) is 16.6. The second kappa shape index (κ2) is 10.2. The monoisotopic (exact) mass is 506 g/mol. The van der Waals surface area contributed by atoms with Gasteiger partial charge in [0.25, 0.3) is 11.5 Å². The molecule has 35 heavy (non-hydrogen) atoms. The highest BCUT2D eigenvalue weighted by Gasteiger charge is 2.30. The standard InChI is InChI=1S/C24H25F3N4O3S/c1-14-19-22(35-20(14)21(33)30-16-8-4-2-3-5-9-16)28-13-31(23(19)34)12-18(32)29-17-10-6-7-15(11-17)24(25,26)27/h6-7,10-11,13,16H,2-5,8-9,12H2,1H3,(H,29,32)(H,30,33). The highest BCUT2D eigenvalue weighted by molar-refractivity contribution is 7.20. The molecule has 0 saturated heterocycles. The van der Waals surface area contributed by atoms with Gasteiger partial charge in [0.15, 0.2) is 0 Å². The lowest BCUT2D eigenvalue weighted by Gasteiger charge is -2.15. The fraction of sp³-hybridized carbons (Fsp3) is 0.417. The number of carbonyl (C=O) groups is 2. The van der Waals surface area contributed by atoms with Crippen LogP contribution in [0.25, 0.3) is 10.2 Å². The van der Waals surface area contributed by atoms with Crippen molar-refractivity contribution in [1.82, 2.24) is 14.9 Å². The van der Waals surface area contributed by atoms with Gasteiger partial charge in [0, 0.05) is 11.7 Å². The van der Waals surface area contributed by atoms with Gasteiger partial charge < -0.3 is 10.6 Å². The van der Waals surface area contributed by atoms with Gasteiger partial charge in [0.05, 0.1) is 22.2 Å². The van der Waals surface area contributed by atoms with Gasteiger partial charge in [-0.1, -0.05) is 31.7 Å². The molecule has 1 aliphatic carbocycles. The number of nitrogens with one attached hydrogen (secondary N) is 2. The van der Waals surface area contributed by atoms with E-state index in [2.05, 4.69) is 15.6 Å². The Labute approximate surface area is 203 Å². The number of aryl methyl sites for hydroxylation is 1. The minimum atomic E-state index is -4.54. The molecule has 11 heteroatoms. The van der Waals surface area contributed by atoms with E-state index in [4.69, 9.17) is 0 Å². The number of hydrogen-bond donors (Lipinski definition) is 2. The van der Waals surface area contributed by atoms with Gasteiger partial charge >= 0.3 is 6.18 Å². The lowest BCUT2D eigenvalue weighted by Crippen LogP contribution is -2.34. The summed E-state index contributed by atoms with van der Waals surface area (Å²) in [6, 6.07) is 4.36. The van der Waals surface area contributed by atoms with Gasteiger partial charge in [-0.2, -0.15) is 13.2 Å². The molecule has 1 aromatic carbocycles. The molecular weight excluding hydrogens is 481 g/mol. The van der Waals surface area contributed by atoms with Crippen molar-refractivity contribution in [2.24, 2.45) is 0 Å². The summed E-state index contributed by atoms with van der Waals surface area (Å²) in [5.41, 5.74) is -0.909. The average Bonchev–Trinajstić information content (AvgIpc) is 2.95. The number of alkyl halides is 3. The minimum Gasteiger partial charge on any atom is -0.349 e. The molecular formula is C24H25F3N4O3S. The molecule has 2 heterocycles. The third-order valence-electron chi connectivity index (χ3n) is 6.10. The average molecular weight is 507 g/mol. The SMILES string of the molecule is Cc1c(C(=O)NC2CCCCCC2)sc2ncn(CC(=O)Nc3cccc(C(F)(F)F)c3)c(=O)c12. The zero-order valence-corrected chi connectivity index (χ0v) is 19.9. The van der Waals surface area contributed by atoms with E-state index in [0.29, 0.717) is 15.3 Å². The summed E-state index contributed by atoms with van der Waals surface area (Å²) in [6.45, 7) is 1.24. The second-order valence-electron chi connectivity index (χ2n) is 8.70. The van der Waals surface area contributed by atoms with Crippen LogP contribution in [-0.4, -0.2) is 27.4 Å². The van der Waals surface area contributed by atoms with Gasteiger partial charge in [-0.15, -0.1) is 11.3 Å². The van der Waals surface area contributed by atoms with E-state index in [1.165, 1.54) is 31.3 Å². The van der Waals surface area contributed by atoms with Crippen LogP contribution in [0.1, 0.15) is 59.3 Å². The number of anilines is 1. The molecule has 0 spiro atoms. The number of nitrogens with zero attached hydrogens (tertiary/aromatic N) is 2. The summed E-state index contributed by atoms with van der Waals surface area (Å²) < 4.78 is 39.8. The smallest absolute Gasteiger partial charge is 0.349 e. The number of aromatic nitrogens is 2. The Morgan fingerprint density at radius 1 is 1.17 bits per heavy atom. The summed E-state index contributed by atoms with van der Waals surface area (Å²) in [5, 5.41) is 5.71. The summed E-state index contributed by atoms with van der Waals surface area (Å²) in [4.78, 5) is 43.5. The lowest BCUT2D eigenvalue weighted by molar-refractivity contribution is -0.137. The largest absolute Gasteiger partial charge is 0.416 e. The highest BCUT2D eigenvalue weighted by atomic mass is 32.1. The molecule has 0 radical (unpaired) electrons. The third-order valence-corrected chi connectivity index (χ3v) is 7.30. The second-order valence-corrected chi connectivity index (χ2v) is 9.70. The maximum Gasteiger partial charge on any atom is 0.416 e. The normalized spacial score (nSPS) is 15.1. The van der Waals surface area contributed by atoms with E-state index in [0.717, 1.165) is 53.7 Å². The molecule has 3 aromatic rings. The number of hydrogen-bond acceptors (Lipinski definition) is 5. The van der Waals surface area contributed by atoms with E-state index in [1.54, 1.807) is 6.92 Å². The van der Waals surface area contributed by atoms with Gasteiger partial charge in [0.2, 0.25) is 5.91 Å². The number of halogens is 3. The molecule has 0 unspecified atom stereocenters. The summed E-state index contributed by atoms with van der Waals surface area (Å²) in [5.74, 6) is -0.905. The molecule has 1 saturated carbocycles. The zero-order chi connectivity index (χ0) is 25.2.